The normalized spacial score (nSPS) is 10.5. The van der Waals surface area contributed by atoms with Gasteiger partial charge in [0.1, 0.15) is 5.75 Å². The lowest BCUT2D eigenvalue weighted by atomic mass is 10.2. The van der Waals surface area contributed by atoms with Crippen LogP contribution in [0.3, 0.4) is 0 Å². The van der Waals surface area contributed by atoms with Gasteiger partial charge in [0, 0.05) is 22.8 Å². The third-order valence-electron chi connectivity index (χ3n) is 3.95. The molecule has 0 spiro atoms. The number of carbonyl (C=O) groups is 1. The van der Waals surface area contributed by atoms with Crippen molar-refractivity contribution in [2.24, 2.45) is 0 Å². The highest BCUT2D eigenvalue weighted by Gasteiger charge is 2.10. The van der Waals surface area contributed by atoms with Crippen LogP contribution in [0.2, 0.25) is 5.02 Å². The minimum absolute atomic E-state index is 0.180. The fourth-order valence-electron chi connectivity index (χ4n) is 2.55. The topological polar surface area (TPSA) is 60.3 Å². The van der Waals surface area contributed by atoms with Crippen molar-refractivity contribution < 1.29 is 9.53 Å². The van der Waals surface area contributed by atoms with Gasteiger partial charge < -0.3 is 14.6 Å². The van der Waals surface area contributed by atoms with E-state index in [1.807, 2.05) is 18.2 Å². The van der Waals surface area contributed by atoms with Gasteiger partial charge in [0.25, 0.3) is 11.5 Å². The van der Waals surface area contributed by atoms with E-state index in [0.29, 0.717) is 33.0 Å². The molecule has 0 saturated heterocycles. The highest BCUT2D eigenvalue weighted by atomic mass is 79.9. The largest absolute Gasteiger partial charge is 0.496 e. The molecule has 138 valence electrons. The van der Waals surface area contributed by atoms with Crippen LogP contribution in [0.25, 0.3) is 0 Å². The molecular formula is C20H16BrClN2O3. The van der Waals surface area contributed by atoms with Gasteiger partial charge in [-0.05, 0) is 51.8 Å². The number of pyridine rings is 1. The Morgan fingerprint density at radius 2 is 1.96 bits per heavy atom. The molecule has 1 N–H and O–H groups in total. The Labute approximate surface area is 169 Å². The molecular weight excluding hydrogens is 432 g/mol. The summed E-state index contributed by atoms with van der Waals surface area (Å²) in [5, 5.41) is 3.38. The van der Waals surface area contributed by atoms with Crippen molar-refractivity contribution in [1.29, 1.82) is 0 Å². The van der Waals surface area contributed by atoms with Gasteiger partial charge in [0.2, 0.25) is 0 Å². The van der Waals surface area contributed by atoms with Gasteiger partial charge in [-0.3, -0.25) is 9.59 Å². The van der Waals surface area contributed by atoms with Gasteiger partial charge in [-0.25, -0.2) is 0 Å². The van der Waals surface area contributed by atoms with Gasteiger partial charge in [-0.15, -0.1) is 0 Å². The number of hydrogen-bond acceptors (Lipinski definition) is 3. The van der Waals surface area contributed by atoms with Gasteiger partial charge >= 0.3 is 0 Å². The first-order chi connectivity index (χ1) is 13.0. The second-order valence-electron chi connectivity index (χ2n) is 5.78. The van der Waals surface area contributed by atoms with Crippen molar-refractivity contribution in [3.8, 4) is 5.75 Å². The number of anilines is 1. The summed E-state index contributed by atoms with van der Waals surface area (Å²) in [6.45, 7) is 0.316. The zero-order valence-electron chi connectivity index (χ0n) is 14.4. The molecule has 0 bridgehead atoms. The van der Waals surface area contributed by atoms with Crippen molar-refractivity contribution in [2.45, 2.75) is 6.54 Å². The molecule has 0 radical (unpaired) electrons. The fraction of sp³-hybridized carbons (Fsp3) is 0.100. The van der Waals surface area contributed by atoms with Crippen LogP contribution in [-0.2, 0) is 6.54 Å². The van der Waals surface area contributed by atoms with Crippen LogP contribution < -0.4 is 15.6 Å². The highest BCUT2D eigenvalue weighted by molar-refractivity contribution is 9.10. The van der Waals surface area contributed by atoms with Gasteiger partial charge in [0.15, 0.2) is 0 Å². The smallest absolute Gasteiger partial charge is 0.255 e. The van der Waals surface area contributed by atoms with E-state index in [2.05, 4.69) is 21.2 Å². The number of halogens is 2. The molecule has 7 heteroatoms. The summed E-state index contributed by atoms with van der Waals surface area (Å²) in [7, 11) is 1.56. The first kappa shape index (κ1) is 19.2. The fourth-order valence-corrected chi connectivity index (χ4v) is 3.29. The molecule has 0 aliphatic heterocycles. The molecule has 0 fully saturated rings. The highest BCUT2D eigenvalue weighted by Crippen LogP contribution is 2.26. The van der Waals surface area contributed by atoms with Crippen molar-refractivity contribution >= 4 is 39.1 Å². The lowest BCUT2D eigenvalue weighted by Gasteiger charge is -2.11. The molecule has 0 saturated carbocycles. The Balaban J connectivity index is 1.81. The van der Waals surface area contributed by atoms with Crippen LogP contribution in [0.4, 0.5) is 5.69 Å². The Kier molecular flexibility index (Phi) is 5.98. The van der Waals surface area contributed by atoms with E-state index in [0.717, 1.165) is 5.56 Å². The summed E-state index contributed by atoms with van der Waals surface area (Å²) in [4.78, 5) is 24.6. The van der Waals surface area contributed by atoms with E-state index in [9.17, 15) is 9.59 Å². The Bertz CT molecular complexity index is 1050. The third-order valence-corrected chi connectivity index (χ3v) is 4.94. The number of benzene rings is 2. The molecule has 0 atom stereocenters. The minimum Gasteiger partial charge on any atom is -0.496 e. The van der Waals surface area contributed by atoms with E-state index in [1.54, 1.807) is 43.6 Å². The Morgan fingerprint density at radius 3 is 2.67 bits per heavy atom. The van der Waals surface area contributed by atoms with E-state index >= 15 is 0 Å². The van der Waals surface area contributed by atoms with Crippen LogP contribution >= 0.6 is 27.5 Å². The number of rotatable bonds is 5. The zero-order chi connectivity index (χ0) is 19.4. The average Bonchev–Trinajstić information content (AvgIpc) is 2.66. The summed E-state index contributed by atoms with van der Waals surface area (Å²) in [5.74, 6) is 0.348. The number of nitrogens with zero attached hydrogens (tertiary/aromatic N) is 1. The number of amides is 1. The average molecular weight is 448 g/mol. The second-order valence-corrected chi connectivity index (χ2v) is 7.04. The Hall–Kier alpha value is -2.57. The van der Waals surface area contributed by atoms with Crippen LogP contribution in [0.15, 0.2) is 70.1 Å². The number of aromatic nitrogens is 1. The molecule has 0 unspecified atom stereocenters. The number of methoxy groups -OCH3 is 1. The molecule has 5 nitrogen and oxygen atoms in total. The lowest BCUT2D eigenvalue weighted by molar-refractivity contribution is 0.102. The number of carbonyl (C=O) groups excluding carboxylic acids is 1. The number of ether oxygens (including phenoxy) is 1. The van der Waals surface area contributed by atoms with Gasteiger partial charge in [0.05, 0.1) is 23.8 Å². The van der Waals surface area contributed by atoms with E-state index in [-0.39, 0.29) is 11.5 Å². The second kappa shape index (κ2) is 8.41. The number of nitrogens with one attached hydrogen (secondary N) is 1. The standard InChI is InChI=1S/C20H16BrClN2O3/c1-27-18-8-6-13(10-16(18)21)20(26)23-15-7-9-19(25)24(12-15)11-14-4-2-3-5-17(14)22/h2-10,12H,11H2,1H3,(H,23,26). The maximum Gasteiger partial charge on any atom is 0.255 e. The molecule has 1 amide bonds. The third kappa shape index (κ3) is 4.59. The zero-order valence-corrected chi connectivity index (χ0v) is 16.8. The van der Waals surface area contributed by atoms with E-state index < -0.39 is 0 Å². The molecule has 0 aliphatic rings. The van der Waals surface area contributed by atoms with E-state index in [1.165, 1.54) is 10.6 Å². The van der Waals surface area contributed by atoms with Gasteiger partial charge in [-0.2, -0.15) is 0 Å². The van der Waals surface area contributed by atoms with Crippen LogP contribution in [0, 0.1) is 0 Å². The van der Waals surface area contributed by atoms with Crippen molar-refractivity contribution in [3.63, 3.8) is 0 Å². The van der Waals surface area contributed by atoms with Crippen LogP contribution in [-0.4, -0.2) is 17.6 Å². The summed E-state index contributed by atoms with van der Waals surface area (Å²) in [6.07, 6.45) is 1.60. The summed E-state index contributed by atoms with van der Waals surface area (Å²) in [6, 6.07) is 15.4. The van der Waals surface area contributed by atoms with Gasteiger partial charge in [-0.1, -0.05) is 29.8 Å². The molecule has 3 rings (SSSR count). The van der Waals surface area contributed by atoms with Crippen molar-refractivity contribution in [1.82, 2.24) is 4.57 Å². The quantitative estimate of drug-likeness (QED) is 0.623. The molecule has 0 aliphatic carbocycles. The van der Waals surface area contributed by atoms with Crippen LogP contribution in [0.1, 0.15) is 15.9 Å². The molecule has 2 aromatic carbocycles. The number of hydrogen-bond donors (Lipinski definition) is 1. The molecule has 3 aromatic rings. The minimum atomic E-state index is -0.290. The van der Waals surface area contributed by atoms with Crippen molar-refractivity contribution in [2.75, 3.05) is 12.4 Å². The summed E-state index contributed by atoms with van der Waals surface area (Å²) < 4.78 is 7.35. The SMILES string of the molecule is COc1ccc(C(=O)Nc2ccc(=O)n(Cc3ccccc3Cl)c2)cc1Br. The first-order valence-electron chi connectivity index (χ1n) is 8.06. The lowest BCUT2D eigenvalue weighted by Crippen LogP contribution is -2.21. The maximum absolute atomic E-state index is 12.5. The monoisotopic (exact) mass is 446 g/mol. The molecule has 27 heavy (non-hydrogen) atoms. The predicted octanol–water partition coefficient (Wildman–Crippen LogP) is 4.57. The molecule has 1 aromatic heterocycles. The van der Waals surface area contributed by atoms with Crippen LogP contribution in [0.5, 0.6) is 5.75 Å². The summed E-state index contributed by atoms with van der Waals surface area (Å²) in [5.41, 5.74) is 1.62. The molecule has 1 heterocycles. The first-order valence-corrected chi connectivity index (χ1v) is 9.24. The summed E-state index contributed by atoms with van der Waals surface area (Å²) >= 11 is 9.53. The Morgan fingerprint density at radius 1 is 1.19 bits per heavy atom. The van der Waals surface area contributed by atoms with E-state index in [4.69, 9.17) is 16.3 Å². The maximum atomic E-state index is 12.5. The predicted molar refractivity (Wildman–Crippen MR) is 110 cm³/mol. The van der Waals surface area contributed by atoms with Crippen molar-refractivity contribution in [3.05, 3.63) is 91.8 Å².